The smallest absolute Gasteiger partial charge is 0.261 e. The van der Waals surface area contributed by atoms with Crippen LogP contribution in [0.2, 0.25) is 0 Å². The van der Waals surface area contributed by atoms with Gasteiger partial charge in [0.25, 0.3) is 0 Å². The lowest BCUT2D eigenvalue weighted by Crippen LogP contribution is -2.52. The summed E-state index contributed by atoms with van der Waals surface area (Å²) in [5, 5.41) is 24.1. The highest BCUT2D eigenvalue weighted by Crippen LogP contribution is 2.37. The van der Waals surface area contributed by atoms with Crippen LogP contribution in [-0.4, -0.2) is 21.3 Å². The van der Waals surface area contributed by atoms with E-state index < -0.39 is 21.3 Å². The van der Waals surface area contributed by atoms with Gasteiger partial charge in [-0.05, 0) is 36.8 Å². The van der Waals surface area contributed by atoms with Crippen LogP contribution in [0.1, 0.15) is 36.8 Å². The van der Waals surface area contributed by atoms with E-state index in [1.54, 1.807) is 24.3 Å². The maximum Gasteiger partial charge on any atom is 0.353 e. The van der Waals surface area contributed by atoms with Gasteiger partial charge in [-0.3, -0.25) is 20.2 Å². The second-order valence-corrected chi connectivity index (χ2v) is 8.91. The minimum Gasteiger partial charge on any atom is -0.261 e. The van der Waals surface area contributed by atoms with Crippen LogP contribution in [0.3, 0.4) is 0 Å². The Morgan fingerprint density at radius 3 is 1.37 bits per heavy atom. The summed E-state index contributed by atoms with van der Waals surface area (Å²) in [6.45, 7) is 0. The zero-order chi connectivity index (χ0) is 24.7. The molecule has 0 aliphatic heterocycles. The Morgan fingerprint density at radius 2 is 1.06 bits per heavy atom. The van der Waals surface area contributed by atoms with Gasteiger partial charge >= 0.3 is 11.4 Å². The molecule has 0 fully saturated rings. The fourth-order valence-electron chi connectivity index (χ4n) is 4.34. The van der Waals surface area contributed by atoms with E-state index in [0.29, 0.717) is 0 Å². The van der Waals surface area contributed by atoms with Crippen LogP contribution in [-0.2, 0) is 17.6 Å². The SMILES string of the molecule is O=[N+]([O-])C1(OC2([N+](=O)[O-])C=CC(CCc3ccccc3)=CC2)C=CC(CCc2ccccc2)=CC1. The third-order valence-electron chi connectivity index (χ3n) is 6.49. The first-order valence-corrected chi connectivity index (χ1v) is 11.7. The topological polar surface area (TPSA) is 95.5 Å². The number of hydrogen-bond donors (Lipinski definition) is 0. The maximum absolute atomic E-state index is 12.1. The first kappa shape index (κ1) is 24.3. The summed E-state index contributed by atoms with van der Waals surface area (Å²) in [4.78, 5) is 23.0. The predicted molar refractivity (Wildman–Crippen MR) is 134 cm³/mol. The molecule has 2 atom stereocenters. The number of aryl methyl sites for hydroxylation is 2. The van der Waals surface area contributed by atoms with Crippen molar-refractivity contribution in [2.45, 2.75) is 50.0 Å². The molecule has 35 heavy (non-hydrogen) atoms. The Kier molecular flexibility index (Phi) is 7.36. The first-order valence-electron chi connectivity index (χ1n) is 11.7. The van der Waals surface area contributed by atoms with Gasteiger partial charge in [0.1, 0.15) is 0 Å². The molecule has 0 saturated heterocycles. The lowest BCUT2D eigenvalue weighted by molar-refractivity contribution is -0.691. The summed E-state index contributed by atoms with van der Waals surface area (Å²) in [6, 6.07) is 20.0. The average molecular weight is 473 g/mol. The Balaban J connectivity index is 1.42. The molecule has 0 bridgehead atoms. The van der Waals surface area contributed by atoms with Crippen molar-refractivity contribution < 1.29 is 14.6 Å². The van der Waals surface area contributed by atoms with Gasteiger partial charge in [-0.15, -0.1) is 0 Å². The Bertz CT molecular complexity index is 1090. The van der Waals surface area contributed by atoms with Gasteiger partial charge in [0.05, 0.1) is 22.7 Å². The van der Waals surface area contributed by atoms with Crippen molar-refractivity contribution in [1.82, 2.24) is 0 Å². The van der Waals surface area contributed by atoms with Crippen LogP contribution in [0.4, 0.5) is 0 Å². The molecule has 2 aliphatic rings. The quantitative estimate of drug-likeness (QED) is 0.240. The third kappa shape index (κ3) is 5.81. The second-order valence-electron chi connectivity index (χ2n) is 8.91. The van der Waals surface area contributed by atoms with Gasteiger partial charge in [-0.1, -0.05) is 96.1 Å². The standard InChI is InChI=1S/C28H28N2O5/c31-29(32)27(19-15-25(16-20-27)13-11-23-7-3-1-4-8-23)35-28(30(33)34)21-17-26(18-22-28)14-12-24-9-5-2-6-10-24/h1-10,15-19,21H,11-14,20,22H2. The van der Waals surface area contributed by atoms with Gasteiger partial charge in [-0.25, -0.2) is 4.74 Å². The van der Waals surface area contributed by atoms with Gasteiger partial charge in [0, 0.05) is 12.2 Å². The van der Waals surface area contributed by atoms with Gasteiger partial charge < -0.3 is 0 Å². The van der Waals surface area contributed by atoms with Crippen LogP contribution >= 0.6 is 0 Å². The molecule has 0 aromatic heterocycles. The van der Waals surface area contributed by atoms with Crippen LogP contribution in [0.25, 0.3) is 0 Å². The monoisotopic (exact) mass is 472 g/mol. The van der Waals surface area contributed by atoms with Crippen LogP contribution in [0.15, 0.2) is 108 Å². The van der Waals surface area contributed by atoms with Crippen LogP contribution in [0.5, 0.6) is 0 Å². The van der Waals surface area contributed by atoms with Crippen molar-refractivity contribution in [2.24, 2.45) is 0 Å². The highest BCUT2D eigenvalue weighted by molar-refractivity contribution is 5.30. The number of ether oxygens (including phenoxy) is 1. The van der Waals surface area contributed by atoms with E-state index in [4.69, 9.17) is 4.74 Å². The number of nitro groups is 2. The zero-order valence-electron chi connectivity index (χ0n) is 19.4. The highest BCUT2D eigenvalue weighted by atomic mass is 16.7. The second kappa shape index (κ2) is 10.6. The van der Waals surface area contributed by atoms with Crippen molar-refractivity contribution in [3.63, 3.8) is 0 Å². The summed E-state index contributed by atoms with van der Waals surface area (Å²) in [7, 11) is 0. The summed E-state index contributed by atoms with van der Waals surface area (Å²) in [5.74, 6) is 0. The Labute approximate surface area is 204 Å². The molecule has 0 amide bonds. The number of rotatable bonds is 10. The first-order chi connectivity index (χ1) is 16.9. The molecule has 0 radical (unpaired) electrons. The number of nitrogens with zero attached hydrogens (tertiary/aromatic N) is 2. The molecular formula is C28H28N2O5. The molecule has 0 saturated carbocycles. The fraction of sp³-hybridized carbons (Fsp3) is 0.286. The highest BCUT2D eigenvalue weighted by Gasteiger charge is 2.55. The summed E-state index contributed by atoms with van der Waals surface area (Å²) < 4.78 is 5.79. The van der Waals surface area contributed by atoms with Crippen molar-refractivity contribution in [3.05, 3.63) is 140 Å². The van der Waals surface area contributed by atoms with E-state index in [2.05, 4.69) is 0 Å². The van der Waals surface area contributed by atoms with Gasteiger partial charge in [-0.2, -0.15) is 0 Å². The van der Waals surface area contributed by atoms with E-state index in [1.807, 2.05) is 60.7 Å². The lowest BCUT2D eigenvalue weighted by Gasteiger charge is -2.31. The van der Waals surface area contributed by atoms with E-state index in [0.717, 1.165) is 36.8 Å². The van der Waals surface area contributed by atoms with E-state index in [-0.39, 0.29) is 12.8 Å². The molecule has 0 spiro atoms. The van der Waals surface area contributed by atoms with Gasteiger partial charge in [0.15, 0.2) is 0 Å². The lowest BCUT2D eigenvalue weighted by atomic mass is 9.93. The normalized spacial score (nSPS) is 23.4. The van der Waals surface area contributed by atoms with Crippen molar-refractivity contribution in [2.75, 3.05) is 0 Å². The maximum atomic E-state index is 12.1. The molecule has 2 unspecified atom stereocenters. The summed E-state index contributed by atoms with van der Waals surface area (Å²) in [6.07, 6.45) is 12.5. The van der Waals surface area contributed by atoms with Crippen molar-refractivity contribution >= 4 is 0 Å². The largest absolute Gasteiger partial charge is 0.353 e. The molecule has 4 rings (SSSR count). The summed E-state index contributed by atoms with van der Waals surface area (Å²) >= 11 is 0. The van der Waals surface area contributed by atoms with Crippen molar-refractivity contribution in [3.8, 4) is 0 Å². The fourth-order valence-corrected chi connectivity index (χ4v) is 4.34. The number of allylic oxidation sites excluding steroid dienone is 4. The van der Waals surface area contributed by atoms with E-state index >= 15 is 0 Å². The molecule has 2 aliphatic carbocycles. The molecular weight excluding hydrogens is 444 g/mol. The molecule has 7 heteroatoms. The minimum absolute atomic E-state index is 0.0609. The Morgan fingerprint density at radius 1 is 0.657 bits per heavy atom. The molecule has 180 valence electrons. The third-order valence-corrected chi connectivity index (χ3v) is 6.49. The van der Waals surface area contributed by atoms with E-state index in [9.17, 15) is 20.2 Å². The summed E-state index contributed by atoms with van der Waals surface area (Å²) in [5.41, 5.74) is 0.295. The molecule has 0 heterocycles. The average Bonchev–Trinajstić information content (AvgIpc) is 2.89. The Hall–Kier alpha value is -3.84. The van der Waals surface area contributed by atoms with Crippen molar-refractivity contribution in [1.29, 1.82) is 0 Å². The van der Waals surface area contributed by atoms with E-state index in [1.165, 1.54) is 23.3 Å². The molecule has 7 nitrogen and oxygen atoms in total. The predicted octanol–water partition coefficient (Wildman–Crippen LogP) is 5.99. The molecule has 2 aromatic rings. The van der Waals surface area contributed by atoms with Crippen LogP contribution < -0.4 is 0 Å². The van der Waals surface area contributed by atoms with Crippen LogP contribution in [0, 0.1) is 20.2 Å². The number of benzene rings is 2. The molecule has 0 N–H and O–H groups in total. The molecule has 2 aromatic carbocycles. The minimum atomic E-state index is -1.98. The zero-order valence-corrected chi connectivity index (χ0v) is 19.4. The van der Waals surface area contributed by atoms with Gasteiger partial charge in [0.2, 0.25) is 0 Å². The number of hydrogen-bond acceptors (Lipinski definition) is 5.